The van der Waals surface area contributed by atoms with E-state index in [-0.39, 0.29) is 5.56 Å². The van der Waals surface area contributed by atoms with Gasteiger partial charge in [-0.2, -0.15) is 0 Å². The van der Waals surface area contributed by atoms with E-state index in [1.807, 2.05) is 25.1 Å². The third-order valence-electron chi connectivity index (χ3n) is 3.00. The van der Waals surface area contributed by atoms with Gasteiger partial charge in [0, 0.05) is 11.8 Å². The van der Waals surface area contributed by atoms with Crippen molar-refractivity contribution in [1.82, 2.24) is 15.0 Å². The molecule has 20 heavy (non-hydrogen) atoms. The minimum Gasteiger partial charge on any atom is -0.478 e. The summed E-state index contributed by atoms with van der Waals surface area (Å²) in [5, 5.41) is 9.71. The average molecular weight is 288 g/mol. The molecule has 2 N–H and O–H groups in total. The number of hydrogen-bond acceptors (Lipinski definition) is 3. The van der Waals surface area contributed by atoms with Crippen LogP contribution in [0.15, 0.2) is 30.5 Å². The molecule has 100 valence electrons. The summed E-state index contributed by atoms with van der Waals surface area (Å²) in [7, 11) is 0. The molecule has 0 saturated carbocycles. The maximum absolute atomic E-state index is 11.2. The zero-order valence-corrected chi connectivity index (χ0v) is 11.3. The summed E-state index contributed by atoms with van der Waals surface area (Å²) < 4.78 is 0. The molecule has 0 bridgehead atoms. The van der Waals surface area contributed by atoms with Crippen molar-refractivity contribution in [3.8, 4) is 11.4 Å². The third kappa shape index (κ3) is 2.02. The summed E-state index contributed by atoms with van der Waals surface area (Å²) in [6.45, 7) is 1.94. The van der Waals surface area contributed by atoms with Crippen LogP contribution < -0.4 is 0 Å². The highest BCUT2D eigenvalue weighted by molar-refractivity contribution is 6.33. The van der Waals surface area contributed by atoms with Crippen molar-refractivity contribution in [2.24, 2.45) is 0 Å². The number of rotatable bonds is 2. The van der Waals surface area contributed by atoms with Crippen LogP contribution >= 0.6 is 11.6 Å². The number of aromatic amines is 1. The average Bonchev–Trinajstić information content (AvgIpc) is 2.81. The number of benzene rings is 1. The molecule has 0 radical (unpaired) electrons. The van der Waals surface area contributed by atoms with Gasteiger partial charge in [0.05, 0.1) is 16.1 Å². The number of H-pyrrole nitrogens is 1. The summed E-state index contributed by atoms with van der Waals surface area (Å²) in [5.41, 5.74) is 2.64. The number of imidazole rings is 1. The van der Waals surface area contributed by atoms with Gasteiger partial charge in [-0.25, -0.2) is 14.8 Å². The normalized spacial score (nSPS) is 10.9. The van der Waals surface area contributed by atoms with Gasteiger partial charge in [-0.15, -0.1) is 0 Å². The summed E-state index contributed by atoms with van der Waals surface area (Å²) >= 11 is 6.20. The van der Waals surface area contributed by atoms with Crippen molar-refractivity contribution in [2.45, 2.75) is 6.92 Å². The lowest BCUT2D eigenvalue weighted by atomic mass is 10.1. The molecule has 0 fully saturated rings. The van der Waals surface area contributed by atoms with Crippen LogP contribution in [-0.2, 0) is 0 Å². The molecule has 5 nitrogen and oxygen atoms in total. The van der Waals surface area contributed by atoms with Crippen LogP contribution in [0.3, 0.4) is 0 Å². The number of aromatic nitrogens is 3. The summed E-state index contributed by atoms with van der Waals surface area (Å²) in [6.07, 6.45) is 1.42. The zero-order chi connectivity index (χ0) is 14.3. The molecule has 3 aromatic rings. The first-order valence-corrected chi connectivity index (χ1v) is 6.28. The van der Waals surface area contributed by atoms with Crippen LogP contribution in [0.1, 0.15) is 15.9 Å². The lowest BCUT2D eigenvalue weighted by molar-refractivity contribution is 0.0699. The third-order valence-corrected chi connectivity index (χ3v) is 3.31. The molecule has 0 amide bonds. The van der Waals surface area contributed by atoms with Crippen LogP contribution in [-0.4, -0.2) is 26.0 Å². The highest BCUT2D eigenvalue weighted by Gasteiger charge is 2.15. The zero-order valence-electron chi connectivity index (χ0n) is 10.5. The van der Waals surface area contributed by atoms with E-state index in [0.717, 1.165) is 5.56 Å². The maximum Gasteiger partial charge on any atom is 0.338 e. The van der Waals surface area contributed by atoms with E-state index in [4.69, 9.17) is 16.7 Å². The molecule has 2 heterocycles. The van der Waals surface area contributed by atoms with Crippen molar-refractivity contribution in [3.05, 3.63) is 46.6 Å². The predicted molar refractivity (Wildman–Crippen MR) is 76.0 cm³/mol. The Labute approximate surface area is 119 Å². The highest BCUT2D eigenvalue weighted by atomic mass is 35.5. The van der Waals surface area contributed by atoms with Crippen molar-refractivity contribution in [1.29, 1.82) is 0 Å². The quantitative estimate of drug-likeness (QED) is 0.758. The molecule has 2 aromatic heterocycles. The Balaban J connectivity index is 2.23. The molecule has 0 aliphatic rings. The number of carboxylic acid groups (broad SMARTS) is 1. The molecule has 1 aromatic carbocycles. The molecule has 0 aliphatic heterocycles. The molecule has 6 heteroatoms. The Morgan fingerprint density at radius 3 is 2.85 bits per heavy atom. The first kappa shape index (κ1) is 12.6. The van der Waals surface area contributed by atoms with Crippen LogP contribution in [0, 0.1) is 6.92 Å². The highest BCUT2D eigenvalue weighted by Crippen LogP contribution is 2.28. The van der Waals surface area contributed by atoms with Gasteiger partial charge in [-0.05, 0) is 30.7 Å². The minimum atomic E-state index is -1.03. The number of fused-ring (bicyclic) bond motifs is 1. The van der Waals surface area contributed by atoms with Gasteiger partial charge in [-0.3, -0.25) is 0 Å². The lowest BCUT2D eigenvalue weighted by Gasteiger charge is -2.01. The number of aryl methyl sites for hydroxylation is 1. The number of carbonyl (C=O) groups is 1. The largest absolute Gasteiger partial charge is 0.478 e. The van der Waals surface area contributed by atoms with Gasteiger partial charge >= 0.3 is 5.97 Å². The molecule has 0 saturated heterocycles. The topological polar surface area (TPSA) is 78.9 Å². The fraction of sp³-hybridized carbons (Fsp3) is 0.0714. The monoisotopic (exact) mass is 287 g/mol. The number of hydrogen-bond donors (Lipinski definition) is 2. The van der Waals surface area contributed by atoms with Gasteiger partial charge < -0.3 is 10.1 Å². The van der Waals surface area contributed by atoms with E-state index >= 15 is 0 Å². The molecule has 3 rings (SSSR count). The van der Waals surface area contributed by atoms with Gasteiger partial charge in [0.15, 0.2) is 5.65 Å². The Hall–Kier alpha value is -2.40. The Morgan fingerprint density at radius 1 is 1.35 bits per heavy atom. The second kappa shape index (κ2) is 4.61. The number of halogens is 1. The first-order chi connectivity index (χ1) is 9.56. The number of aromatic carboxylic acids is 1. The molecular formula is C14H10ClN3O2. The molecule has 0 unspecified atom stereocenters. The van der Waals surface area contributed by atoms with Gasteiger partial charge in [0.25, 0.3) is 0 Å². The summed E-state index contributed by atoms with van der Waals surface area (Å²) in [6, 6.07) is 7.02. The summed E-state index contributed by atoms with van der Waals surface area (Å²) in [4.78, 5) is 22.5. The van der Waals surface area contributed by atoms with Crippen molar-refractivity contribution in [2.75, 3.05) is 0 Å². The molecule has 0 spiro atoms. The smallest absolute Gasteiger partial charge is 0.338 e. The van der Waals surface area contributed by atoms with Crippen LogP contribution in [0.2, 0.25) is 5.02 Å². The van der Waals surface area contributed by atoms with Crippen LogP contribution in [0.5, 0.6) is 0 Å². The maximum atomic E-state index is 11.2. The predicted octanol–water partition coefficient (Wildman–Crippen LogP) is 3.28. The number of pyridine rings is 1. The van der Waals surface area contributed by atoms with E-state index in [2.05, 4.69) is 15.0 Å². The Kier molecular flexibility index (Phi) is 2.91. The number of nitrogens with zero attached hydrogens (tertiary/aromatic N) is 2. The number of nitrogens with one attached hydrogen (secondary N) is 1. The van der Waals surface area contributed by atoms with E-state index in [9.17, 15) is 4.79 Å². The fourth-order valence-electron chi connectivity index (χ4n) is 2.03. The van der Waals surface area contributed by atoms with Crippen LogP contribution in [0.4, 0.5) is 0 Å². The van der Waals surface area contributed by atoms with Crippen LogP contribution in [0.25, 0.3) is 22.6 Å². The fourth-order valence-corrected chi connectivity index (χ4v) is 2.35. The Morgan fingerprint density at radius 2 is 2.15 bits per heavy atom. The SMILES string of the molecule is Cc1ccc(-c2nc3nccc(C(=O)O)c3[nH]2)c(Cl)c1. The summed E-state index contributed by atoms with van der Waals surface area (Å²) in [5.74, 6) is -0.520. The molecule has 0 aliphatic carbocycles. The van der Waals surface area contributed by atoms with Gasteiger partial charge in [0.2, 0.25) is 0 Å². The van der Waals surface area contributed by atoms with E-state index in [0.29, 0.717) is 27.6 Å². The molecule has 0 atom stereocenters. The van der Waals surface area contributed by atoms with Gasteiger partial charge in [-0.1, -0.05) is 17.7 Å². The Bertz CT molecular complexity index is 826. The van der Waals surface area contributed by atoms with Crippen molar-refractivity contribution < 1.29 is 9.90 Å². The van der Waals surface area contributed by atoms with Gasteiger partial charge in [0.1, 0.15) is 5.82 Å². The molecular weight excluding hydrogens is 278 g/mol. The second-order valence-corrected chi connectivity index (χ2v) is 4.84. The number of carboxylic acids is 1. The van der Waals surface area contributed by atoms with Crippen molar-refractivity contribution >= 4 is 28.7 Å². The second-order valence-electron chi connectivity index (χ2n) is 4.43. The minimum absolute atomic E-state index is 0.136. The van der Waals surface area contributed by atoms with E-state index in [1.54, 1.807) is 0 Å². The van der Waals surface area contributed by atoms with E-state index in [1.165, 1.54) is 12.3 Å². The first-order valence-electron chi connectivity index (χ1n) is 5.91. The standard InChI is InChI=1S/C14H10ClN3O2/c1-7-2-3-8(10(15)6-7)12-17-11-9(14(19)20)4-5-16-13(11)18-12/h2-6H,1H3,(H,19,20)(H,16,17,18). The van der Waals surface area contributed by atoms with Crippen molar-refractivity contribution in [3.63, 3.8) is 0 Å². The lowest BCUT2D eigenvalue weighted by Crippen LogP contribution is -1.97. The van der Waals surface area contributed by atoms with E-state index < -0.39 is 5.97 Å².